The minimum Gasteiger partial charge on any atom is -0.239 e. The third-order valence-electron chi connectivity index (χ3n) is 3.03. The van der Waals surface area contributed by atoms with Gasteiger partial charge in [-0.1, -0.05) is 49.3 Å². The highest BCUT2D eigenvalue weighted by atomic mass is 28.3. The fourth-order valence-electron chi connectivity index (χ4n) is 1.87. The summed E-state index contributed by atoms with van der Waals surface area (Å²) in [6.45, 7) is 8.18. The summed E-state index contributed by atoms with van der Waals surface area (Å²) in [6.07, 6.45) is 0. The standard InChI is InChI=1S/C19H19F2NSi/c1-14-8-10-15(11-9-14)22-18(12-13-23(2,3)4)19-16(20)6-5-7-17(19)21/h5-11H,1-4H3. The molecule has 0 aliphatic carbocycles. The second kappa shape index (κ2) is 6.89. The van der Waals surface area contributed by atoms with Crippen LogP contribution in [0.4, 0.5) is 14.5 Å². The highest BCUT2D eigenvalue weighted by Gasteiger charge is 2.15. The minimum absolute atomic E-state index is 0.131. The highest BCUT2D eigenvalue weighted by Crippen LogP contribution is 2.18. The van der Waals surface area contributed by atoms with E-state index in [1.807, 2.05) is 31.2 Å². The first-order valence-corrected chi connectivity index (χ1v) is 10.9. The molecule has 4 heteroatoms. The van der Waals surface area contributed by atoms with E-state index < -0.39 is 19.7 Å². The first-order chi connectivity index (χ1) is 10.8. The van der Waals surface area contributed by atoms with Gasteiger partial charge in [-0.25, -0.2) is 13.8 Å². The van der Waals surface area contributed by atoms with E-state index in [0.717, 1.165) is 5.56 Å². The molecule has 0 saturated heterocycles. The highest BCUT2D eigenvalue weighted by molar-refractivity contribution is 6.84. The van der Waals surface area contributed by atoms with Gasteiger partial charge in [0.25, 0.3) is 0 Å². The van der Waals surface area contributed by atoms with Crippen molar-refractivity contribution >= 4 is 19.5 Å². The van der Waals surface area contributed by atoms with Gasteiger partial charge in [-0.05, 0) is 31.2 Å². The second-order valence-corrected chi connectivity index (χ2v) is 11.1. The van der Waals surface area contributed by atoms with Crippen LogP contribution in [0.2, 0.25) is 19.6 Å². The average Bonchev–Trinajstić information content (AvgIpc) is 2.45. The molecule has 0 atom stereocenters. The van der Waals surface area contributed by atoms with Crippen LogP contribution in [-0.4, -0.2) is 13.8 Å². The van der Waals surface area contributed by atoms with Crippen molar-refractivity contribution in [1.82, 2.24) is 0 Å². The maximum Gasteiger partial charge on any atom is 0.136 e. The number of halogens is 2. The zero-order valence-electron chi connectivity index (χ0n) is 13.7. The molecule has 1 nitrogen and oxygen atoms in total. The molecule has 0 unspecified atom stereocenters. The molecule has 0 heterocycles. The SMILES string of the molecule is Cc1ccc(N=C(C#C[Si](C)(C)C)c2c(F)cccc2F)cc1. The third kappa shape index (κ3) is 4.87. The number of hydrogen-bond acceptors (Lipinski definition) is 1. The lowest BCUT2D eigenvalue weighted by Crippen LogP contribution is -2.17. The van der Waals surface area contributed by atoms with Crippen LogP contribution in [0, 0.1) is 30.0 Å². The Kier molecular flexibility index (Phi) is 5.12. The maximum atomic E-state index is 14.1. The first-order valence-electron chi connectivity index (χ1n) is 7.39. The monoisotopic (exact) mass is 327 g/mol. The Hall–Kier alpha value is -2.25. The van der Waals surface area contributed by atoms with E-state index in [9.17, 15) is 8.78 Å². The van der Waals surface area contributed by atoms with Crippen LogP contribution in [0.3, 0.4) is 0 Å². The van der Waals surface area contributed by atoms with Gasteiger partial charge in [0.1, 0.15) is 25.4 Å². The van der Waals surface area contributed by atoms with E-state index in [1.165, 1.54) is 18.2 Å². The van der Waals surface area contributed by atoms with Gasteiger partial charge in [-0.3, -0.25) is 0 Å². The van der Waals surface area contributed by atoms with Crippen LogP contribution in [-0.2, 0) is 0 Å². The van der Waals surface area contributed by atoms with E-state index in [-0.39, 0.29) is 11.3 Å². The van der Waals surface area contributed by atoms with Crippen LogP contribution in [0.5, 0.6) is 0 Å². The third-order valence-corrected chi connectivity index (χ3v) is 3.91. The predicted molar refractivity (Wildman–Crippen MR) is 94.9 cm³/mol. The van der Waals surface area contributed by atoms with Gasteiger partial charge in [0, 0.05) is 0 Å². The Morgan fingerprint density at radius 2 is 1.52 bits per heavy atom. The van der Waals surface area contributed by atoms with Crippen molar-refractivity contribution in [3.05, 3.63) is 65.2 Å². The average molecular weight is 327 g/mol. The van der Waals surface area contributed by atoms with Crippen LogP contribution in [0.15, 0.2) is 47.5 Å². The molecule has 0 spiro atoms. The van der Waals surface area contributed by atoms with Gasteiger partial charge in [0.2, 0.25) is 0 Å². The molecular weight excluding hydrogens is 308 g/mol. The van der Waals surface area contributed by atoms with E-state index in [0.29, 0.717) is 5.69 Å². The molecule has 118 valence electrons. The van der Waals surface area contributed by atoms with Crippen molar-refractivity contribution in [2.45, 2.75) is 26.6 Å². The molecule has 2 rings (SSSR count). The Balaban J connectivity index is 2.60. The van der Waals surface area contributed by atoms with E-state index in [1.54, 1.807) is 0 Å². The van der Waals surface area contributed by atoms with Crippen LogP contribution in [0.25, 0.3) is 0 Å². The quantitative estimate of drug-likeness (QED) is 0.404. The number of aliphatic imine (C=N–C) groups is 1. The van der Waals surface area contributed by atoms with Crippen molar-refractivity contribution in [3.8, 4) is 11.5 Å². The molecule has 2 aromatic carbocycles. The van der Waals surface area contributed by atoms with Crippen molar-refractivity contribution in [1.29, 1.82) is 0 Å². The largest absolute Gasteiger partial charge is 0.239 e. The summed E-state index contributed by atoms with van der Waals surface area (Å²) < 4.78 is 28.2. The number of nitrogens with zero attached hydrogens (tertiary/aromatic N) is 1. The lowest BCUT2D eigenvalue weighted by atomic mass is 10.1. The zero-order chi connectivity index (χ0) is 17.0. The smallest absolute Gasteiger partial charge is 0.136 e. The fourth-order valence-corrected chi connectivity index (χ4v) is 2.36. The van der Waals surface area contributed by atoms with Crippen LogP contribution in [0.1, 0.15) is 11.1 Å². The number of aryl methyl sites for hydroxylation is 1. The molecule has 0 aromatic heterocycles. The Morgan fingerprint density at radius 3 is 2.04 bits per heavy atom. The van der Waals surface area contributed by atoms with Crippen molar-refractivity contribution in [2.75, 3.05) is 0 Å². The van der Waals surface area contributed by atoms with E-state index in [2.05, 4.69) is 36.1 Å². The summed E-state index contributed by atoms with van der Waals surface area (Å²) in [6, 6.07) is 11.2. The lowest BCUT2D eigenvalue weighted by molar-refractivity contribution is 0.579. The molecule has 2 aromatic rings. The van der Waals surface area contributed by atoms with Crippen molar-refractivity contribution in [2.24, 2.45) is 4.99 Å². The lowest BCUT2D eigenvalue weighted by Gasteiger charge is -2.07. The maximum absolute atomic E-state index is 14.1. The van der Waals surface area contributed by atoms with Crippen molar-refractivity contribution < 1.29 is 8.78 Å². The molecule has 0 amide bonds. The molecule has 0 saturated carbocycles. The molecular formula is C19H19F2NSi. The summed E-state index contributed by atoms with van der Waals surface area (Å²) >= 11 is 0. The topological polar surface area (TPSA) is 12.4 Å². The summed E-state index contributed by atoms with van der Waals surface area (Å²) in [5.41, 5.74) is 4.81. The minimum atomic E-state index is -1.70. The van der Waals surface area contributed by atoms with E-state index in [4.69, 9.17) is 0 Å². The van der Waals surface area contributed by atoms with Gasteiger partial charge in [0.15, 0.2) is 0 Å². The molecule has 0 fully saturated rings. The summed E-state index contributed by atoms with van der Waals surface area (Å²) in [5, 5.41) is 0. The second-order valence-electron chi connectivity index (χ2n) is 6.39. The van der Waals surface area contributed by atoms with E-state index >= 15 is 0 Å². The molecule has 0 N–H and O–H groups in total. The van der Waals surface area contributed by atoms with Gasteiger partial charge in [-0.2, -0.15) is 0 Å². The number of rotatable bonds is 2. The van der Waals surface area contributed by atoms with Crippen LogP contribution < -0.4 is 0 Å². The van der Waals surface area contributed by atoms with Gasteiger partial charge in [0.05, 0.1) is 11.3 Å². The summed E-state index contributed by atoms with van der Waals surface area (Å²) in [4.78, 5) is 4.38. The molecule has 0 bridgehead atoms. The predicted octanol–water partition coefficient (Wildman–Crippen LogP) is 5.27. The molecule has 0 radical (unpaired) electrons. The molecule has 23 heavy (non-hydrogen) atoms. The number of benzene rings is 2. The summed E-state index contributed by atoms with van der Waals surface area (Å²) in [7, 11) is -1.70. The van der Waals surface area contributed by atoms with Crippen molar-refractivity contribution in [3.63, 3.8) is 0 Å². The first kappa shape index (κ1) is 17.1. The van der Waals surface area contributed by atoms with Gasteiger partial charge in [-0.15, -0.1) is 5.54 Å². The molecule has 0 aliphatic heterocycles. The van der Waals surface area contributed by atoms with Crippen LogP contribution >= 0.6 is 0 Å². The van der Waals surface area contributed by atoms with Gasteiger partial charge < -0.3 is 0 Å². The Labute approximate surface area is 137 Å². The normalized spacial score (nSPS) is 11.8. The molecule has 0 aliphatic rings. The Morgan fingerprint density at radius 1 is 0.957 bits per heavy atom. The zero-order valence-corrected chi connectivity index (χ0v) is 14.7. The fraction of sp³-hybridized carbons (Fsp3) is 0.211. The summed E-state index contributed by atoms with van der Waals surface area (Å²) in [5.74, 6) is 1.60. The Bertz CT molecular complexity index is 771. The van der Waals surface area contributed by atoms with Gasteiger partial charge >= 0.3 is 0 Å². The number of hydrogen-bond donors (Lipinski definition) is 0.